The van der Waals surface area contributed by atoms with E-state index < -0.39 is 29.6 Å². The highest BCUT2D eigenvalue weighted by molar-refractivity contribution is 9.10. The topological polar surface area (TPSA) is 66.4 Å². The lowest BCUT2D eigenvalue weighted by Crippen LogP contribution is -2.43. The van der Waals surface area contributed by atoms with Crippen LogP contribution in [0.25, 0.3) is 0 Å². The van der Waals surface area contributed by atoms with Crippen LogP contribution in [0, 0.1) is 11.6 Å². The Morgan fingerprint density at radius 3 is 2.46 bits per heavy atom. The first-order valence-corrected chi connectivity index (χ1v) is 7.85. The molecule has 24 heavy (non-hydrogen) atoms. The Balaban J connectivity index is 2.06. The van der Waals surface area contributed by atoms with Gasteiger partial charge in [0.1, 0.15) is 17.7 Å². The van der Waals surface area contributed by atoms with E-state index in [4.69, 9.17) is 0 Å². The van der Waals surface area contributed by atoms with Crippen LogP contribution >= 0.6 is 15.9 Å². The number of hydrogen-bond acceptors (Lipinski definition) is 2. The smallest absolute Gasteiger partial charge is 0.326 e. The van der Waals surface area contributed by atoms with Crippen LogP contribution in [0.1, 0.15) is 11.1 Å². The van der Waals surface area contributed by atoms with Crippen molar-refractivity contribution in [1.82, 2.24) is 5.32 Å². The molecule has 0 aliphatic heterocycles. The number of rotatable bonds is 6. The Morgan fingerprint density at radius 2 is 1.83 bits per heavy atom. The number of benzene rings is 2. The monoisotopic (exact) mass is 397 g/mol. The molecule has 7 heteroatoms. The Morgan fingerprint density at radius 1 is 1.12 bits per heavy atom. The molecular weight excluding hydrogens is 384 g/mol. The highest BCUT2D eigenvalue weighted by Crippen LogP contribution is 2.18. The number of carboxylic acids is 1. The van der Waals surface area contributed by atoms with E-state index in [1.165, 1.54) is 0 Å². The molecule has 0 aliphatic rings. The second-order valence-corrected chi connectivity index (χ2v) is 6.02. The van der Waals surface area contributed by atoms with E-state index in [2.05, 4.69) is 21.2 Å². The molecule has 0 unspecified atom stereocenters. The molecule has 2 rings (SSSR count). The molecule has 0 aliphatic carbocycles. The fraction of sp³-hybridized carbons (Fsp3) is 0.176. The van der Waals surface area contributed by atoms with Crippen molar-refractivity contribution >= 4 is 27.8 Å². The molecule has 2 aromatic carbocycles. The lowest BCUT2D eigenvalue weighted by molar-refractivity contribution is -0.141. The first-order valence-electron chi connectivity index (χ1n) is 7.06. The third-order valence-corrected chi connectivity index (χ3v) is 4.15. The van der Waals surface area contributed by atoms with Crippen LogP contribution < -0.4 is 5.32 Å². The maximum absolute atomic E-state index is 13.6. The molecule has 2 aromatic rings. The van der Waals surface area contributed by atoms with E-state index in [0.717, 1.165) is 22.2 Å². The normalized spacial score (nSPS) is 11.8. The van der Waals surface area contributed by atoms with Gasteiger partial charge in [0.25, 0.3) is 0 Å². The summed E-state index contributed by atoms with van der Waals surface area (Å²) in [4.78, 5) is 23.4. The van der Waals surface area contributed by atoms with Gasteiger partial charge in [0, 0.05) is 17.0 Å². The molecule has 126 valence electrons. The minimum absolute atomic E-state index is 0.000990. The van der Waals surface area contributed by atoms with Crippen LogP contribution in [0.2, 0.25) is 0 Å². The van der Waals surface area contributed by atoms with Gasteiger partial charge >= 0.3 is 5.97 Å². The van der Waals surface area contributed by atoms with E-state index >= 15 is 0 Å². The first-order chi connectivity index (χ1) is 11.4. The number of halogens is 3. The minimum Gasteiger partial charge on any atom is -0.480 e. The second kappa shape index (κ2) is 8.01. The van der Waals surface area contributed by atoms with Crippen molar-refractivity contribution in [3.05, 3.63) is 69.7 Å². The maximum atomic E-state index is 13.6. The lowest BCUT2D eigenvalue weighted by atomic mass is 10.1. The molecule has 0 radical (unpaired) electrons. The average Bonchev–Trinajstić information content (AvgIpc) is 2.51. The minimum atomic E-state index is -1.20. The number of carboxylic acid groups (broad SMARTS) is 1. The van der Waals surface area contributed by atoms with Crippen molar-refractivity contribution in [1.29, 1.82) is 0 Å². The Hall–Kier alpha value is -2.28. The van der Waals surface area contributed by atoms with Crippen molar-refractivity contribution in [2.24, 2.45) is 0 Å². The number of nitrogens with one attached hydrogen (secondary N) is 1. The molecule has 2 N–H and O–H groups in total. The van der Waals surface area contributed by atoms with Crippen molar-refractivity contribution < 1.29 is 23.5 Å². The third kappa shape index (κ3) is 4.86. The zero-order valence-corrected chi connectivity index (χ0v) is 14.0. The summed E-state index contributed by atoms with van der Waals surface area (Å²) in [6.45, 7) is 0. The van der Waals surface area contributed by atoms with Crippen molar-refractivity contribution in [3.63, 3.8) is 0 Å². The molecule has 0 bridgehead atoms. The third-order valence-electron chi connectivity index (χ3n) is 3.38. The van der Waals surface area contributed by atoms with Crippen LogP contribution in [0.4, 0.5) is 8.78 Å². The molecule has 0 aromatic heterocycles. The summed E-state index contributed by atoms with van der Waals surface area (Å²) in [6, 6.07) is 8.79. The zero-order chi connectivity index (χ0) is 17.7. The van der Waals surface area contributed by atoms with Gasteiger partial charge in [-0.3, -0.25) is 4.79 Å². The molecule has 0 spiro atoms. The number of amides is 1. The molecule has 4 nitrogen and oxygen atoms in total. The maximum Gasteiger partial charge on any atom is 0.326 e. The zero-order valence-electron chi connectivity index (χ0n) is 12.4. The lowest BCUT2D eigenvalue weighted by Gasteiger charge is -2.15. The second-order valence-electron chi connectivity index (χ2n) is 5.17. The van der Waals surface area contributed by atoms with Crippen molar-refractivity contribution in [3.8, 4) is 0 Å². The predicted molar refractivity (Wildman–Crippen MR) is 87.5 cm³/mol. The first kappa shape index (κ1) is 18.1. The summed E-state index contributed by atoms with van der Waals surface area (Å²) in [5.41, 5.74) is 0.720. The van der Waals surface area contributed by atoms with E-state index in [1.54, 1.807) is 24.3 Å². The molecule has 0 saturated heterocycles. The molecule has 1 atom stereocenters. The quantitative estimate of drug-likeness (QED) is 0.786. The highest BCUT2D eigenvalue weighted by atomic mass is 79.9. The average molecular weight is 398 g/mol. The SMILES string of the molecule is O=C(Cc1ccc(F)cc1F)N[C@H](Cc1ccccc1Br)C(=O)O. The Kier molecular flexibility index (Phi) is 6.03. The van der Waals surface area contributed by atoms with Crippen LogP contribution in [0.3, 0.4) is 0 Å². The van der Waals surface area contributed by atoms with E-state index in [0.29, 0.717) is 6.07 Å². The molecule has 0 heterocycles. The highest BCUT2D eigenvalue weighted by Gasteiger charge is 2.22. The Bertz CT molecular complexity index is 767. The summed E-state index contributed by atoms with van der Waals surface area (Å²) in [5.74, 6) is -3.43. The summed E-state index contributed by atoms with van der Waals surface area (Å²) < 4.78 is 27.2. The Labute approximate surface area is 145 Å². The van der Waals surface area contributed by atoms with Gasteiger partial charge in [-0.25, -0.2) is 13.6 Å². The molecule has 0 saturated carbocycles. The van der Waals surface area contributed by atoms with E-state index in [9.17, 15) is 23.5 Å². The van der Waals surface area contributed by atoms with Crippen molar-refractivity contribution in [2.45, 2.75) is 18.9 Å². The number of aliphatic carboxylic acids is 1. The van der Waals surface area contributed by atoms with Gasteiger partial charge in [-0.2, -0.15) is 0 Å². The number of hydrogen-bond donors (Lipinski definition) is 2. The van der Waals surface area contributed by atoms with Gasteiger partial charge in [0.15, 0.2) is 0 Å². The van der Waals surface area contributed by atoms with Crippen LogP contribution in [0.15, 0.2) is 46.9 Å². The van der Waals surface area contributed by atoms with Crippen LogP contribution in [-0.2, 0) is 22.4 Å². The van der Waals surface area contributed by atoms with E-state index in [-0.39, 0.29) is 18.4 Å². The fourth-order valence-corrected chi connectivity index (χ4v) is 2.61. The summed E-state index contributed by atoms with van der Waals surface area (Å²) in [5, 5.41) is 11.6. The van der Waals surface area contributed by atoms with Gasteiger partial charge < -0.3 is 10.4 Å². The molecular formula is C17H14BrF2NO3. The number of carbonyl (C=O) groups is 2. The largest absolute Gasteiger partial charge is 0.480 e. The fourth-order valence-electron chi connectivity index (χ4n) is 2.17. The molecule has 1 amide bonds. The number of carbonyl (C=O) groups excluding carboxylic acids is 1. The summed E-state index contributed by atoms with van der Waals surface area (Å²) in [7, 11) is 0. The van der Waals surface area contributed by atoms with Gasteiger partial charge in [-0.1, -0.05) is 40.2 Å². The summed E-state index contributed by atoms with van der Waals surface area (Å²) >= 11 is 3.32. The van der Waals surface area contributed by atoms with Gasteiger partial charge in [0.2, 0.25) is 5.91 Å². The van der Waals surface area contributed by atoms with E-state index in [1.807, 2.05) is 0 Å². The van der Waals surface area contributed by atoms with Gasteiger partial charge in [0.05, 0.1) is 6.42 Å². The summed E-state index contributed by atoms with van der Waals surface area (Å²) in [6.07, 6.45) is -0.291. The van der Waals surface area contributed by atoms with Gasteiger partial charge in [-0.15, -0.1) is 0 Å². The molecule has 0 fully saturated rings. The van der Waals surface area contributed by atoms with Crippen molar-refractivity contribution in [2.75, 3.05) is 0 Å². The van der Waals surface area contributed by atoms with Gasteiger partial charge in [-0.05, 0) is 23.3 Å². The standard InChI is InChI=1S/C17H14BrF2NO3/c18-13-4-2-1-3-10(13)7-15(17(23)24)21-16(22)8-11-5-6-12(19)9-14(11)20/h1-6,9,15H,7-8H2,(H,21,22)(H,23,24)/t15-/m1/s1. The van der Waals surface area contributed by atoms with Crippen LogP contribution in [-0.4, -0.2) is 23.0 Å². The predicted octanol–water partition coefficient (Wildman–Crippen LogP) is 3.08. The van der Waals surface area contributed by atoms with Crippen LogP contribution in [0.5, 0.6) is 0 Å².